The van der Waals surface area contributed by atoms with Crippen molar-refractivity contribution in [2.24, 2.45) is 0 Å². The zero-order valence-corrected chi connectivity index (χ0v) is 16.7. The number of nitrogens with zero attached hydrogens (tertiary/aromatic N) is 2. The lowest BCUT2D eigenvalue weighted by Crippen LogP contribution is -2.42. The number of thiazole rings is 1. The smallest absolute Gasteiger partial charge is 0.244 e. The van der Waals surface area contributed by atoms with E-state index in [1.165, 1.54) is 15.6 Å². The first-order chi connectivity index (χ1) is 11.3. The molecule has 1 atom stereocenters. The van der Waals surface area contributed by atoms with E-state index < -0.39 is 16.1 Å². The summed E-state index contributed by atoms with van der Waals surface area (Å²) in [5.74, 6) is -0.318. The fourth-order valence-corrected chi connectivity index (χ4v) is 4.88. The maximum Gasteiger partial charge on any atom is 0.244 e. The minimum Gasteiger partial charge on any atom is -0.301 e. The summed E-state index contributed by atoms with van der Waals surface area (Å²) in [6.45, 7) is 0.392. The van der Waals surface area contributed by atoms with Crippen molar-refractivity contribution in [2.45, 2.75) is 18.9 Å². The van der Waals surface area contributed by atoms with Crippen molar-refractivity contribution in [1.82, 2.24) is 9.29 Å². The molecule has 6 nitrogen and oxygen atoms in total. The highest BCUT2D eigenvalue weighted by Gasteiger charge is 2.36. The summed E-state index contributed by atoms with van der Waals surface area (Å²) in [6, 6.07) is 7.30. The van der Waals surface area contributed by atoms with Crippen molar-refractivity contribution in [2.75, 3.05) is 18.1 Å². The number of hydrogen-bond donors (Lipinski definition) is 1. The Morgan fingerprint density at radius 3 is 2.75 bits per heavy atom. The van der Waals surface area contributed by atoms with Crippen LogP contribution in [0.4, 0.5) is 5.13 Å². The number of carbonyl (C=O) groups excluding carboxylic acids is 1. The van der Waals surface area contributed by atoms with E-state index in [1.54, 1.807) is 0 Å². The Kier molecular flexibility index (Phi) is 5.23. The molecule has 1 amide bonds. The molecule has 1 aromatic heterocycles. The van der Waals surface area contributed by atoms with Crippen LogP contribution in [0.25, 0.3) is 11.3 Å². The Morgan fingerprint density at radius 1 is 1.38 bits per heavy atom. The number of hydrogen-bond acceptors (Lipinski definition) is 5. The number of anilines is 1. The first kappa shape index (κ1) is 17.8. The standard InChI is InChI=1S/C15H16IN3O3S2/c1-24(21,22)19-8-2-3-13(19)14(20)18-15-17-12(9-23-15)10-4-6-11(16)7-5-10/h4-7,9,13H,2-3,8H2,1H3,(H,17,18,20). The van der Waals surface area contributed by atoms with Crippen LogP contribution in [-0.2, 0) is 14.8 Å². The normalized spacial score (nSPS) is 18.7. The van der Waals surface area contributed by atoms with E-state index in [2.05, 4.69) is 32.9 Å². The zero-order chi connectivity index (χ0) is 17.3. The van der Waals surface area contributed by atoms with E-state index in [4.69, 9.17) is 0 Å². The number of sulfonamides is 1. The first-order valence-electron chi connectivity index (χ1n) is 7.34. The molecule has 24 heavy (non-hydrogen) atoms. The molecule has 0 saturated carbocycles. The molecule has 1 aliphatic rings. The van der Waals surface area contributed by atoms with Gasteiger partial charge in [-0.25, -0.2) is 13.4 Å². The lowest BCUT2D eigenvalue weighted by Gasteiger charge is -2.20. The van der Waals surface area contributed by atoms with Gasteiger partial charge in [0.1, 0.15) is 6.04 Å². The summed E-state index contributed by atoms with van der Waals surface area (Å²) in [5, 5.41) is 5.10. The Bertz CT molecular complexity index is 849. The molecular weight excluding hydrogens is 461 g/mol. The highest BCUT2D eigenvalue weighted by molar-refractivity contribution is 14.1. The number of benzene rings is 1. The minimum absolute atomic E-state index is 0.318. The van der Waals surface area contributed by atoms with Crippen LogP contribution in [0.1, 0.15) is 12.8 Å². The van der Waals surface area contributed by atoms with E-state index in [0.717, 1.165) is 21.1 Å². The van der Waals surface area contributed by atoms with Gasteiger partial charge in [-0.05, 0) is 47.6 Å². The molecule has 1 aromatic carbocycles. The SMILES string of the molecule is CS(=O)(=O)N1CCCC1C(=O)Nc1nc(-c2ccc(I)cc2)cs1. The third kappa shape index (κ3) is 3.95. The predicted octanol–water partition coefficient (Wildman–Crippen LogP) is 2.78. The third-order valence-electron chi connectivity index (χ3n) is 3.81. The van der Waals surface area contributed by atoms with Crippen LogP contribution in [0.15, 0.2) is 29.6 Å². The summed E-state index contributed by atoms with van der Waals surface area (Å²) in [7, 11) is -3.38. The van der Waals surface area contributed by atoms with Crippen molar-refractivity contribution in [3.05, 3.63) is 33.2 Å². The molecule has 0 radical (unpaired) electrons. The predicted molar refractivity (Wildman–Crippen MR) is 103 cm³/mol. The molecule has 0 bridgehead atoms. The topological polar surface area (TPSA) is 79.4 Å². The van der Waals surface area contributed by atoms with Gasteiger partial charge in [-0.15, -0.1) is 11.3 Å². The van der Waals surface area contributed by atoms with Gasteiger partial charge in [0.15, 0.2) is 5.13 Å². The van der Waals surface area contributed by atoms with E-state index in [1.807, 2.05) is 29.6 Å². The molecule has 1 unspecified atom stereocenters. The second-order valence-corrected chi connectivity index (χ2v) is 9.60. The van der Waals surface area contributed by atoms with Gasteiger partial charge in [-0.2, -0.15) is 4.31 Å². The second-order valence-electron chi connectivity index (χ2n) is 5.57. The van der Waals surface area contributed by atoms with Gasteiger partial charge >= 0.3 is 0 Å². The van der Waals surface area contributed by atoms with Crippen molar-refractivity contribution >= 4 is 55.0 Å². The van der Waals surface area contributed by atoms with Crippen molar-refractivity contribution in [1.29, 1.82) is 0 Å². The van der Waals surface area contributed by atoms with Crippen LogP contribution in [-0.4, -0.2) is 42.5 Å². The number of aromatic nitrogens is 1. The second kappa shape index (κ2) is 7.06. The summed E-state index contributed by atoms with van der Waals surface area (Å²) >= 11 is 3.57. The van der Waals surface area contributed by atoms with Crippen molar-refractivity contribution < 1.29 is 13.2 Å². The van der Waals surface area contributed by atoms with Gasteiger partial charge in [0, 0.05) is 21.1 Å². The zero-order valence-electron chi connectivity index (χ0n) is 12.9. The van der Waals surface area contributed by atoms with Gasteiger partial charge in [0.05, 0.1) is 11.9 Å². The quantitative estimate of drug-likeness (QED) is 0.688. The van der Waals surface area contributed by atoms with Crippen LogP contribution in [0.3, 0.4) is 0 Å². The number of halogens is 1. The molecule has 0 spiro atoms. The maximum atomic E-state index is 12.4. The molecule has 0 aliphatic carbocycles. The summed E-state index contributed by atoms with van der Waals surface area (Å²) in [5.41, 5.74) is 1.77. The molecule has 1 fully saturated rings. The Morgan fingerprint density at radius 2 is 2.08 bits per heavy atom. The number of rotatable bonds is 4. The van der Waals surface area contributed by atoms with Gasteiger partial charge in [-0.3, -0.25) is 4.79 Å². The summed E-state index contributed by atoms with van der Waals surface area (Å²) < 4.78 is 25.9. The van der Waals surface area contributed by atoms with Crippen molar-refractivity contribution in [3.63, 3.8) is 0 Å². The Labute approximate surface area is 158 Å². The van der Waals surface area contributed by atoms with E-state index in [-0.39, 0.29) is 5.91 Å². The number of carbonyl (C=O) groups is 1. The first-order valence-corrected chi connectivity index (χ1v) is 11.1. The van der Waals surface area contributed by atoms with Crippen LogP contribution in [0.5, 0.6) is 0 Å². The Balaban J connectivity index is 1.72. The van der Waals surface area contributed by atoms with Gasteiger partial charge < -0.3 is 5.32 Å². The third-order valence-corrected chi connectivity index (χ3v) is 6.57. The molecule has 1 N–H and O–H groups in total. The molecular formula is C15H16IN3O3S2. The molecule has 9 heteroatoms. The van der Waals surface area contributed by atoms with Crippen LogP contribution < -0.4 is 5.32 Å². The highest BCUT2D eigenvalue weighted by atomic mass is 127. The van der Waals surface area contributed by atoms with Gasteiger partial charge in [0.2, 0.25) is 15.9 Å². The summed E-state index contributed by atoms with van der Waals surface area (Å²) in [4.78, 5) is 16.8. The molecule has 3 rings (SSSR count). The Hall–Kier alpha value is -1.04. The average molecular weight is 477 g/mol. The summed E-state index contributed by atoms with van der Waals surface area (Å²) in [6.07, 6.45) is 2.36. The molecule has 2 heterocycles. The highest BCUT2D eigenvalue weighted by Crippen LogP contribution is 2.27. The average Bonchev–Trinajstić information content (AvgIpc) is 3.16. The van der Waals surface area contributed by atoms with Crippen LogP contribution in [0.2, 0.25) is 0 Å². The lowest BCUT2D eigenvalue weighted by molar-refractivity contribution is -0.119. The molecule has 1 aliphatic heterocycles. The van der Waals surface area contributed by atoms with E-state index >= 15 is 0 Å². The maximum absolute atomic E-state index is 12.4. The van der Waals surface area contributed by atoms with Crippen molar-refractivity contribution in [3.8, 4) is 11.3 Å². The molecule has 128 valence electrons. The number of nitrogens with one attached hydrogen (secondary N) is 1. The fourth-order valence-electron chi connectivity index (χ4n) is 2.67. The van der Waals surface area contributed by atoms with E-state index in [9.17, 15) is 13.2 Å². The molecule has 1 saturated heterocycles. The van der Waals surface area contributed by atoms with E-state index in [0.29, 0.717) is 24.5 Å². The van der Waals surface area contributed by atoms with Crippen LogP contribution >= 0.6 is 33.9 Å². The van der Waals surface area contributed by atoms with Crippen LogP contribution in [0, 0.1) is 3.57 Å². The fraction of sp³-hybridized carbons (Fsp3) is 0.333. The molecule has 2 aromatic rings. The van der Waals surface area contributed by atoms with Gasteiger partial charge in [0.25, 0.3) is 0 Å². The monoisotopic (exact) mass is 477 g/mol. The lowest BCUT2D eigenvalue weighted by atomic mass is 10.2. The van der Waals surface area contributed by atoms with Gasteiger partial charge in [-0.1, -0.05) is 12.1 Å². The largest absolute Gasteiger partial charge is 0.301 e. The number of amides is 1. The minimum atomic E-state index is -3.38.